The maximum atomic E-state index is 4.61. The minimum absolute atomic E-state index is 0.613. The van der Waals surface area contributed by atoms with Gasteiger partial charge in [0.25, 0.3) is 0 Å². The normalized spacial score (nSPS) is 18.0. The summed E-state index contributed by atoms with van der Waals surface area (Å²) in [6, 6.07) is 44.8. The molecule has 0 spiro atoms. The molecule has 0 amide bonds. The van der Waals surface area contributed by atoms with Gasteiger partial charge in [-0.25, -0.2) is 0 Å². The zero-order chi connectivity index (χ0) is 32.8. The van der Waals surface area contributed by atoms with E-state index in [0.29, 0.717) is 12.0 Å². The van der Waals surface area contributed by atoms with Gasteiger partial charge < -0.3 is 0 Å². The zero-order valence-corrected chi connectivity index (χ0v) is 33.0. The van der Waals surface area contributed by atoms with Crippen LogP contribution in [0.5, 0.6) is 0 Å². The van der Waals surface area contributed by atoms with Crippen LogP contribution < -0.4 is 13.6 Å². The van der Waals surface area contributed by atoms with E-state index in [1.54, 1.807) is 27.1 Å². The molecule has 2 aliphatic carbocycles. The molecule has 4 aromatic rings. The van der Waals surface area contributed by atoms with Crippen molar-refractivity contribution in [2.45, 2.75) is 97.9 Å². The summed E-state index contributed by atoms with van der Waals surface area (Å²) >= 11 is -2.26. The summed E-state index contributed by atoms with van der Waals surface area (Å²) in [7, 11) is 0. The maximum Gasteiger partial charge on any atom is -0.0184 e. The van der Waals surface area contributed by atoms with Crippen molar-refractivity contribution < 1.29 is 21.2 Å². The number of rotatable bonds is 7. The second-order valence-electron chi connectivity index (χ2n) is 13.7. The van der Waals surface area contributed by atoms with Crippen molar-refractivity contribution in [1.82, 2.24) is 3.26 Å². The Kier molecular flexibility index (Phi) is 14.3. The molecule has 0 aliphatic heterocycles. The molecule has 4 aromatic carbocycles. The van der Waals surface area contributed by atoms with Gasteiger partial charge >= 0.3 is 225 Å². The first-order valence-corrected chi connectivity index (χ1v) is 26.7. The molecule has 1 unspecified atom stereocenters. The Bertz CT molecular complexity index is 1460. The molecule has 1 nitrogen and oxygen atoms in total. The van der Waals surface area contributed by atoms with Gasteiger partial charge in [-0.2, -0.15) is 0 Å². The van der Waals surface area contributed by atoms with Gasteiger partial charge in [-0.1, -0.05) is 60.7 Å². The fourth-order valence-corrected chi connectivity index (χ4v) is 31.0. The third-order valence-corrected chi connectivity index (χ3v) is 30.4. The van der Waals surface area contributed by atoms with E-state index < -0.39 is 27.1 Å². The van der Waals surface area contributed by atoms with E-state index in [4.69, 9.17) is 0 Å². The predicted molar refractivity (Wildman–Crippen MR) is 205 cm³/mol. The van der Waals surface area contributed by atoms with Crippen molar-refractivity contribution >= 4 is 16.3 Å². The second kappa shape index (κ2) is 18.8. The minimum Gasteiger partial charge on any atom is -0.0622 e. The van der Waals surface area contributed by atoms with Crippen molar-refractivity contribution in [2.24, 2.45) is 5.92 Å². The minimum atomic E-state index is -2.26. The largest absolute Gasteiger partial charge is 0.0622 e. The van der Waals surface area contributed by atoms with Crippen molar-refractivity contribution in [3.8, 4) is 11.1 Å². The first-order chi connectivity index (χ1) is 23.0. The van der Waals surface area contributed by atoms with Crippen LogP contribution in [-0.2, 0) is 21.2 Å². The summed E-state index contributed by atoms with van der Waals surface area (Å²) in [6.45, 7) is 9.72. The molecule has 0 heterocycles. The van der Waals surface area contributed by atoms with Crippen molar-refractivity contribution in [3.05, 3.63) is 141 Å². The first kappa shape index (κ1) is 35.7. The van der Waals surface area contributed by atoms with Crippen LogP contribution in [0.25, 0.3) is 11.1 Å². The van der Waals surface area contributed by atoms with E-state index in [2.05, 4.69) is 140 Å². The molecular weight excluding hydrogens is 662 g/mol. The van der Waals surface area contributed by atoms with Crippen LogP contribution >= 0.6 is 0 Å². The molecule has 0 aromatic heterocycles. The Labute approximate surface area is 295 Å². The molecule has 1 atom stereocenters. The first-order valence-electron chi connectivity index (χ1n) is 18.3. The van der Waals surface area contributed by atoms with Crippen molar-refractivity contribution in [3.63, 3.8) is 0 Å². The molecule has 3 heteroatoms. The quantitative estimate of drug-likeness (QED) is 0.188. The average Bonchev–Trinajstić information content (AvgIpc) is 3.28. The van der Waals surface area contributed by atoms with Crippen LogP contribution in [0.3, 0.4) is 0 Å². The molecule has 1 fully saturated rings. The van der Waals surface area contributed by atoms with Gasteiger partial charge in [0, 0.05) is 0 Å². The third-order valence-electron chi connectivity index (χ3n) is 10.6. The number of nitrogens with one attached hydrogen (secondary N) is 1. The Morgan fingerprint density at radius 1 is 0.511 bits per heavy atom. The number of hydrogen-bond donors (Lipinski definition) is 1. The number of allylic oxidation sites excluding steroid dienone is 4. The van der Waals surface area contributed by atoms with Gasteiger partial charge in [-0.05, 0) is 11.1 Å². The van der Waals surface area contributed by atoms with E-state index in [1.165, 1.54) is 75.3 Å². The van der Waals surface area contributed by atoms with Crippen LogP contribution in [0.15, 0.2) is 141 Å². The molecule has 0 radical (unpaired) electrons. The fourth-order valence-electron chi connectivity index (χ4n) is 7.54. The molecule has 1 saturated carbocycles. The summed E-state index contributed by atoms with van der Waals surface area (Å²) < 4.78 is 6.48. The van der Waals surface area contributed by atoms with Gasteiger partial charge in [0.15, 0.2) is 0 Å². The summed E-state index contributed by atoms with van der Waals surface area (Å²) in [5.74, 6) is -0.762. The smallest absolute Gasteiger partial charge is 0.0184 e. The number of hydrogen-bond acceptors (Lipinski definition) is 1. The van der Waals surface area contributed by atoms with Gasteiger partial charge in [-0.3, -0.25) is 0 Å². The molecule has 0 saturated heterocycles. The Morgan fingerprint density at radius 2 is 0.894 bits per heavy atom. The molecule has 0 bridgehead atoms. The molecule has 1 N–H and O–H groups in total. The van der Waals surface area contributed by atoms with Crippen LogP contribution in [0, 0.1) is 5.92 Å². The van der Waals surface area contributed by atoms with Crippen molar-refractivity contribution in [1.29, 1.82) is 0 Å². The Morgan fingerprint density at radius 3 is 1.28 bits per heavy atom. The van der Waals surface area contributed by atoms with Gasteiger partial charge in [0.2, 0.25) is 0 Å². The van der Waals surface area contributed by atoms with Crippen molar-refractivity contribution in [2.75, 3.05) is 0 Å². The second-order valence-corrected chi connectivity index (χ2v) is 27.7. The van der Waals surface area contributed by atoms with E-state index in [0.717, 1.165) is 0 Å². The summed E-state index contributed by atoms with van der Waals surface area (Å²) in [5, 5.41) is 3.29. The van der Waals surface area contributed by atoms with Crippen LogP contribution in [-0.4, -0.2) is 12.0 Å². The third kappa shape index (κ3) is 9.97. The number of benzene rings is 4. The van der Waals surface area contributed by atoms with Gasteiger partial charge in [-0.15, -0.1) is 0 Å². The Hall–Kier alpha value is -2.58. The van der Waals surface area contributed by atoms with Crippen LogP contribution in [0.1, 0.15) is 91.9 Å². The van der Waals surface area contributed by atoms with E-state index in [-0.39, 0.29) is 0 Å². The van der Waals surface area contributed by atoms with Crippen LogP contribution in [0.4, 0.5) is 0 Å². The standard InChI is InChI=1S/C12H11Si.C12H10.C11H22N.C9H13.Zr/c1-3-7-11(8-4-1)13-12-9-5-2-6-10-12;1-3-7-11(8-4-1)12-9-5-2-6-10-12;12-11-9-7-5-3-1-2-4-6-8-10-11;1-6-5-7(2)9(4)8(6)3;/h1-10,13H;1-10H;11-12H,1-10H2;6H,1-4H3;/q;;-1;;+1. The molecule has 47 heavy (non-hydrogen) atoms. The molecule has 2 aliphatic rings. The SMILES string of the molecule is CC1=C(C)C(C)[C]([Zr]([NH]C2CCCCCCCCCC2)[SiH](c2ccccc2)c2ccccc2)=C1C.c1ccc(-c2ccccc2)cc1. The monoisotopic (exact) mass is 716 g/mol. The summed E-state index contributed by atoms with van der Waals surface area (Å²) in [6.07, 6.45) is 14.2. The maximum absolute atomic E-state index is 4.61. The predicted octanol–water partition coefficient (Wildman–Crippen LogP) is 10.5. The summed E-state index contributed by atoms with van der Waals surface area (Å²) in [4.78, 5) is 0. The average molecular weight is 718 g/mol. The topological polar surface area (TPSA) is 12.0 Å². The molecule has 6 rings (SSSR count). The van der Waals surface area contributed by atoms with Gasteiger partial charge in [0.05, 0.1) is 0 Å². The molecular formula is C44H56NSiZr. The van der Waals surface area contributed by atoms with Gasteiger partial charge in [0.1, 0.15) is 0 Å². The molecule has 245 valence electrons. The van der Waals surface area contributed by atoms with E-state index >= 15 is 0 Å². The van der Waals surface area contributed by atoms with E-state index in [1.807, 2.05) is 15.4 Å². The van der Waals surface area contributed by atoms with Crippen LogP contribution in [0.2, 0.25) is 0 Å². The summed E-state index contributed by atoms with van der Waals surface area (Å²) in [5.41, 5.74) is 7.38. The zero-order valence-electron chi connectivity index (χ0n) is 29.4. The van der Waals surface area contributed by atoms with E-state index in [9.17, 15) is 0 Å². The Balaban J connectivity index is 0.000000301. The fraction of sp³-hybridized carbons (Fsp3) is 0.364.